The summed E-state index contributed by atoms with van der Waals surface area (Å²) in [5, 5.41) is 0.994. The molecule has 0 aromatic rings. The van der Waals surface area contributed by atoms with Crippen molar-refractivity contribution in [2.24, 2.45) is 5.92 Å². The minimum atomic E-state index is 0.471. The van der Waals surface area contributed by atoms with Crippen LogP contribution in [0.25, 0.3) is 0 Å². The van der Waals surface area contributed by atoms with E-state index in [1.165, 1.54) is 19.3 Å². The molecule has 0 bridgehead atoms. The van der Waals surface area contributed by atoms with Gasteiger partial charge in [0, 0.05) is 12.4 Å². The van der Waals surface area contributed by atoms with Gasteiger partial charge in [-0.15, -0.1) is 0 Å². The van der Waals surface area contributed by atoms with Crippen molar-refractivity contribution >= 4 is 15.9 Å². The molecule has 1 unspecified atom stereocenters. The Labute approximate surface area is 64.9 Å². The number of alkyl halides is 1. The molecule has 0 aromatic carbocycles. The van der Waals surface area contributed by atoms with E-state index in [-0.39, 0.29) is 0 Å². The van der Waals surface area contributed by atoms with E-state index < -0.39 is 0 Å². The highest BCUT2D eigenvalue weighted by Crippen LogP contribution is 2.31. The van der Waals surface area contributed by atoms with Gasteiger partial charge in [-0.25, -0.2) is 0 Å². The van der Waals surface area contributed by atoms with Gasteiger partial charge in [0.15, 0.2) is 0 Å². The minimum Gasteiger partial charge on any atom is -0.380 e. The quantitative estimate of drug-likeness (QED) is 0.624. The third-order valence-corrected chi connectivity index (χ3v) is 2.77. The van der Waals surface area contributed by atoms with E-state index in [0.29, 0.717) is 6.10 Å². The molecular weight excluding hydrogens is 180 g/mol. The van der Waals surface area contributed by atoms with E-state index in [1.807, 2.05) is 0 Å². The van der Waals surface area contributed by atoms with Crippen LogP contribution in [0.5, 0.6) is 0 Å². The molecule has 54 valence electrons. The van der Waals surface area contributed by atoms with Crippen LogP contribution in [-0.2, 0) is 4.74 Å². The predicted octanol–water partition coefficient (Wildman–Crippen LogP) is 2.20. The van der Waals surface area contributed by atoms with Crippen molar-refractivity contribution in [3.05, 3.63) is 0 Å². The summed E-state index contributed by atoms with van der Waals surface area (Å²) in [7, 11) is 1.80. The number of halogens is 1. The Morgan fingerprint density at radius 3 is 2.44 bits per heavy atom. The number of rotatable bonds is 3. The lowest BCUT2D eigenvalue weighted by Crippen LogP contribution is -2.29. The third kappa shape index (κ3) is 1.68. The van der Waals surface area contributed by atoms with Crippen molar-refractivity contribution in [1.82, 2.24) is 0 Å². The van der Waals surface area contributed by atoms with Crippen LogP contribution < -0.4 is 0 Å². The van der Waals surface area contributed by atoms with Crippen molar-refractivity contribution < 1.29 is 4.74 Å². The zero-order chi connectivity index (χ0) is 6.69. The lowest BCUT2D eigenvalue weighted by atomic mass is 9.82. The highest BCUT2D eigenvalue weighted by molar-refractivity contribution is 9.09. The Morgan fingerprint density at radius 2 is 2.33 bits per heavy atom. The zero-order valence-electron chi connectivity index (χ0n) is 5.77. The fourth-order valence-corrected chi connectivity index (χ4v) is 1.99. The zero-order valence-corrected chi connectivity index (χ0v) is 7.36. The maximum absolute atomic E-state index is 5.26. The van der Waals surface area contributed by atoms with E-state index in [1.54, 1.807) is 7.11 Å². The lowest BCUT2D eigenvalue weighted by molar-refractivity contribution is 0.0373. The van der Waals surface area contributed by atoms with Crippen LogP contribution in [0, 0.1) is 5.92 Å². The largest absolute Gasteiger partial charge is 0.380 e. The third-order valence-electron chi connectivity index (χ3n) is 2.13. The maximum atomic E-state index is 5.26. The molecule has 9 heavy (non-hydrogen) atoms. The first kappa shape index (κ1) is 7.55. The Balaban J connectivity index is 2.19. The summed E-state index contributed by atoms with van der Waals surface area (Å²) in [6, 6.07) is 0. The van der Waals surface area contributed by atoms with Gasteiger partial charge in [0.2, 0.25) is 0 Å². The molecule has 0 saturated heterocycles. The van der Waals surface area contributed by atoms with E-state index in [0.717, 1.165) is 11.2 Å². The molecule has 0 aromatic heterocycles. The Morgan fingerprint density at radius 1 is 1.67 bits per heavy atom. The average molecular weight is 193 g/mol. The summed E-state index contributed by atoms with van der Waals surface area (Å²) < 4.78 is 5.26. The van der Waals surface area contributed by atoms with Crippen LogP contribution in [0.4, 0.5) is 0 Å². The SMILES string of the molecule is COC(CBr)C1CCC1. The fourth-order valence-electron chi connectivity index (χ4n) is 1.19. The molecule has 0 amide bonds. The highest BCUT2D eigenvalue weighted by Gasteiger charge is 2.25. The molecule has 1 aliphatic rings. The topological polar surface area (TPSA) is 9.23 Å². The van der Waals surface area contributed by atoms with Crippen molar-refractivity contribution in [2.45, 2.75) is 25.4 Å². The van der Waals surface area contributed by atoms with Gasteiger partial charge in [-0.05, 0) is 18.8 Å². The molecule has 1 aliphatic carbocycles. The van der Waals surface area contributed by atoms with Gasteiger partial charge in [0.05, 0.1) is 6.10 Å². The van der Waals surface area contributed by atoms with Crippen LogP contribution in [0.15, 0.2) is 0 Å². The number of ether oxygens (including phenoxy) is 1. The number of hydrogen-bond acceptors (Lipinski definition) is 1. The van der Waals surface area contributed by atoms with Crippen LogP contribution in [0.2, 0.25) is 0 Å². The van der Waals surface area contributed by atoms with E-state index >= 15 is 0 Å². The minimum absolute atomic E-state index is 0.471. The van der Waals surface area contributed by atoms with Crippen LogP contribution in [0.3, 0.4) is 0 Å². The fraction of sp³-hybridized carbons (Fsp3) is 1.00. The standard InChI is InChI=1S/C7H13BrO/c1-9-7(5-8)6-3-2-4-6/h6-7H,2-5H2,1H3. The first-order valence-corrected chi connectivity index (χ1v) is 4.59. The van der Waals surface area contributed by atoms with Crippen LogP contribution in [0.1, 0.15) is 19.3 Å². The summed E-state index contributed by atoms with van der Waals surface area (Å²) in [5.41, 5.74) is 0. The van der Waals surface area contributed by atoms with Crippen molar-refractivity contribution in [1.29, 1.82) is 0 Å². The normalized spacial score (nSPS) is 23.3. The molecule has 1 fully saturated rings. The van der Waals surface area contributed by atoms with Gasteiger partial charge < -0.3 is 4.74 Å². The second-order valence-electron chi connectivity index (χ2n) is 2.62. The average Bonchev–Trinajstić information content (AvgIpc) is 1.78. The molecule has 2 heteroatoms. The molecule has 0 N–H and O–H groups in total. The second kappa shape index (κ2) is 3.57. The van der Waals surface area contributed by atoms with Gasteiger partial charge in [-0.2, -0.15) is 0 Å². The lowest BCUT2D eigenvalue weighted by Gasteiger charge is -2.31. The van der Waals surface area contributed by atoms with E-state index in [2.05, 4.69) is 15.9 Å². The summed E-state index contributed by atoms with van der Waals surface area (Å²) in [6.45, 7) is 0. The van der Waals surface area contributed by atoms with Gasteiger partial charge >= 0.3 is 0 Å². The summed E-state index contributed by atoms with van der Waals surface area (Å²) >= 11 is 3.43. The molecule has 1 saturated carbocycles. The van der Waals surface area contributed by atoms with Gasteiger partial charge in [0.1, 0.15) is 0 Å². The first-order chi connectivity index (χ1) is 4.38. The van der Waals surface area contributed by atoms with Gasteiger partial charge in [-0.1, -0.05) is 22.4 Å². The molecule has 1 atom stereocenters. The van der Waals surface area contributed by atoms with Crippen molar-refractivity contribution in [3.63, 3.8) is 0 Å². The van der Waals surface area contributed by atoms with Crippen molar-refractivity contribution in [2.75, 3.05) is 12.4 Å². The van der Waals surface area contributed by atoms with Crippen molar-refractivity contribution in [3.8, 4) is 0 Å². The molecule has 0 heterocycles. The van der Waals surface area contributed by atoms with E-state index in [4.69, 9.17) is 4.74 Å². The second-order valence-corrected chi connectivity index (χ2v) is 3.27. The number of methoxy groups -OCH3 is 1. The Hall–Kier alpha value is 0.440. The summed E-state index contributed by atoms with van der Waals surface area (Å²) in [4.78, 5) is 0. The van der Waals surface area contributed by atoms with Crippen LogP contribution >= 0.6 is 15.9 Å². The Kier molecular flexibility index (Phi) is 2.99. The molecule has 0 radical (unpaired) electrons. The summed E-state index contributed by atoms with van der Waals surface area (Å²) in [6.07, 6.45) is 4.60. The first-order valence-electron chi connectivity index (χ1n) is 3.47. The summed E-state index contributed by atoms with van der Waals surface area (Å²) in [5.74, 6) is 0.842. The molecular formula is C7H13BrO. The molecule has 1 nitrogen and oxygen atoms in total. The highest BCUT2D eigenvalue weighted by atomic mass is 79.9. The monoisotopic (exact) mass is 192 g/mol. The molecule has 0 aliphatic heterocycles. The maximum Gasteiger partial charge on any atom is 0.0696 e. The molecule has 1 rings (SSSR count). The smallest absolute Gasteiger partial charge is 0.0696 e. The van der Waals surface area contributed by atoms with Crippen LogP contribution in [-0.4, -0.2) is 18.5 Å². The Bertz CT molecular complexity index is 77.0. The molecule has 0 spiro atoms. The number of hydrogen-bond donors (Lipinski definition) is 0. The predicted molar refractivity (Wildman–Crippen MR) is 41.9 cm³/mol. The van der Waals surface area contributed by atoms with Gasteiger partial charge in [-0.3, -0.25) is 0 Å². The van der Waals surface area contributed by atoms with E-state index in [9.17, 15) is 0 Å². The van der Waals surface area contributed by atoms with Gasteiger partial charge in [0.25, 0.3) is 0 Å².